The number of halogens is 1. The molecule has 1 heterocycles. The van der Waals surface area contributed by atoms with Gasteiger partial charge in [0.15, 0.2) is 9.84 Å². The molecule has 0 aliphatic carbocycles. The highest BCUT2D eigenvalue weighted by atomic mass is 79.9. The first-order chi connectivity index (χ1) is 9.30. The number of benzene rings is 1. The zero-order valence-corrected chi connectivity index (χ0v) is 14.6. The van der Waals surface area contributed by atoms with Crippen molar-refractivity contribution >= 4 is 43.2 Å². The van der Waals surface area contributed by atoms with Gasteiger partial charge in [0.2, 0.25) is 0 Å². The summed E-state index contributed by atoms with van der Waals surface area (Å²) in [6, 6.07) is 5.60. The highest BCUT2D eigenvalue weighted by Crippen LogP contribution is 2.34. The molecule has 2 rings (SSSR count). The molecule has 0 amide bonds. The van der Waals surface area contributed by atoms with Crippen LogP contribution in [-0.4, -0.2) is 43.2 Å². The number of aliphatic hydroxyl groups excluding tert-OH is 1. The van der Waals surface area contributed by atoms with Crippen LogP contribution in [0.5, 0.6) is 0 Å². The minimum atomic E-state index is -3.16. The minimum Gasteiger partial charge on any atom is -0.389 e. The molecule has 1 saturated heterocycles. The maximum absolute atomic E-state index is 12.0. The van der Waals surface area contributed by atoms with E-state index in [1.165, 1.54) is 6.26 Å². The SMILES string of the molecule is CC(O)c1cc(Br)ccc1N1CCSCC1S(C)(=O)=O. The smallest absolute Gasteiger partial charge is 0.169 e. The summed E-state index contributed by atoms with van der Waals surface area (Å²) >= 11 is 5.04. The van der Waals surface area contributed by atoms with E-state index in [1.807, 2.05) is 23.1 Å². The summed E-state index contributed by atoms with van der Waals surface area (Å²) in [4.78, 5) is 1.90. The second-order valence-corrected chi connectivity index (χ2v) is 9.20. The van der Waals surface area contributed by atoms with E-state index in [4.69, 9.17) is 0 Å². The highest BCUT2D eigenvalue weighted by Gasteiger charge is 2.32. The van der Waals surface area contributed by atoms with Crippen molar-refractivity contribution in [2.45, 2.75) is 18.4 Å². The van der Waals surface area contributed by atoms with Crippen LogP contribution in [0.3, 0.4) is 0 Å². The van der Waals surface area contributed by atoms with Gasteiger partial charge in [-0.2, -0.15) is 11.8 Å². The van der Waals surface area contributed by atoms with E-state index in [9.17, 15) is 13.5 Å². The van der Waals surface area contributed by atoms with Gasteiger partial charge in [-0.05, 0) is 25.1 Å². The zero-order chi connectivity index (χ0) is 14.9. The van der Waals surface area contributed by atoms with Gasteiger partial charge >= 0.3 is 0 Å². The average Bonchev–Trinajstić information content (AvgIpc) is 2.37. The molecule has 112 valence electrons. The first-order valence-corrected chi connectivity index (χ1v) is 10.2. The number of nitrogens with zero attached hydrogens (tertiary/aromatic N) is 1. The Morgan fingerprint density at radius 1 is 1.50 bits per heavy atom. The summed E-state index contributed by atoms with van der Waals surface area (Å²) in [5, 5.41) is 9.42. The number of sulfone groups is 1. The topological polar surface area (TPSA) is 57.6 Å². The van der Waals surface area contributed by atoms with Crippen molar-refractivity contribution in [3.05, 3.63) is 28.2 Å². The first kappa shape index (κ1) is 16.1. The normalized spacial score (nSPS) is 21.8. The van der Waals surface area contributed by atoms with Gasteiger partial charge in [-0.15, -0.1) is 0 Å². The Bertz CT molecular complexity index is 589. The maximum atomic E-state index is 12.0. The largest absolute Gasteiger partial charge is 0.389 e. The van der Waals surface area contributed by atoms with Crippen molar-refractivity contribution in [2.24, 2.45) is 0 Å². The van der Waals surface area contributed by atoms with Crippen LogP contribution in [0.2, 0.25) is 0 Å². The summed E-state index contributed by atoms with van der Waals surface area (Å²) < 4.78 is 24.9. The van der Waals surface area contributed by atoms with E-state index < -0.39 is 21.3 Å². The monoisotopic (exact) mass is 379 g/mol. The molecule has 0 radical (unpaired) electrons. The van der Waals surface area contributed by atoms with Crippen LogP contribution in [0.4, 0.5) is 5.69 Å². The summed E-state index contributed by atoms with van der Waals surface area (Å²) in [5.41, 5.74) is 1.55. The van der Waals surface area contributed by atoms with Crippen LogP contribution < -0.4 is 4.90 Å². The van der Waals surface area contributed by atoms with Crippen molar-refractivity contribution < 1.29 is 13.5 Å². The van der Waals surface area contributed by atoms with Crippen LogP contribution in [0.25, 0.3) is 0 Å². The summed E-state index contributed by atoms with van der Waals surface area (Å²) in [6.07, 6.45) is 0.634. The van der Waals surface area contributed by atoms with Gasteiger partial charge in [-0.1, -0.05) is 15.9 Å². The lowest BCUT2D eigenvalue weighted by atomic mass is 10.1. The minimum absolute atomic E-state index is 0.528. The van der Waals surface area contributed by atoms with Crippen LogP contribution >= 0.6 is 27.7 Å². The van der Waals surface area contributed by atoms with Gasteiger partial charge in [0.05, 0.1) is 6.10 Å². The molecule has 0 spiro atoms. The highest BCUT2D eigenvalue weighted by molar-refractivity contribution is 9.10. The number of thioether (sulfide) groups is 1. The Balaban J connectivity index is 2.48. The zero-order valence-electron chi connectivity index (χ0n) is 11.4. The summed E-state index contributed by atoms with van der Waals surface area (Å²) in [6.45, 7) is 2.36. The van der Waals surface area contributed by atoms with E-state index in [0.29, 0.717) is 12.3 Å². The summed E-state index contributed by atoms with van der Waals surface area (Å²) in [7, 11) is -3.16. The number of rotatable bonds is 3. The Morgan fingerprint density at radius 3 is 2.80 bits per heavy atom. The first-order valence-electron chi connectivity index (χ1n) is 6.31. The van der Waals surface area contributed by atoms with Crippen LogP contribution in [0.15, 0.2) is 22.7 Å². The fourth-order valence-corrected chi connectivity index (χ4v) is 5.54. The van der Waals surface area contributed by atoms with Gasteiger partial charge < -0.3 is 10.0 Å². The van der Waals surface area contributed by atoms with E-state index in [-0.39, 0.29) is 0 Å². The molecule has 2 unspecified atom stereocenters. The molecule has 7 heteroatoms. The van der Waals surface area contributed by atoms with Gasteiger partial charge in [0.25, 0.3) is 0 Å². The molecule has 20 heavy (non-hydrogen) atoms. The van der Waals surface area contributed by atoms with E-state index in [1.54, 1.807) is 18.7 Å². The fourth-order valence-electron chi connectivity index (χ4n) is 2.33. The predicted octanol–water partition coefficient (Wildman–Crippen LogP) is 2.43. The molecular formula is C13H18BrNO3S2. The van der Waals surface area contributed by atoms with Gasteiger partial charge in [-0.25, -0.2) is 8.42 Å². The standard InChI is InChI=1S/C13H18BrNO3S2/c1-9(16)11-7-10(14)3-4-12(11)15-5-6-19-8-13(15)20(2,17)18/h3-4,7,9,13,16H,5-6,8H2,1-2H3. The van der Waals surface area contributed by atoms with Crippen molar-refractivity contribution in [1.29, 1.82) is 0 Å². The van der Waals surface area contributed by atoms with E-state index >= 15 is 0 Å². The van der Waals surface area contributed by atoms with Gasteiger partial charge in [0.1, 0.15) is 5.37 Å². The van der Waals surface area contributed by atoms with Crippen molar-refractivity contribution in [1.82, 2.24) is 0 Å². The fraction of sp³-hybridized carbons (Fsp3) is 0.538. The number of anilines is 1. The third-order valence-electron chi connectivity index (χ3n) is 3.33. The molecule has 1 fully saturated rings. The molecule has 1 N–H and O–H groups in total. The average molecular weight is 380 g/mol. The number of aliphatic hydroxyl groups is 1. The lowest BCUT2D eigenvalue weighted by Gasteiger charge is -2.37. The lowest BCUT2D eigenvalue weighted by molar-refractivity contribution is 0.199. The third kappa shape index (κ3) is 3.50. The van der Waals surface area contributed by atoms with Gasteiger partial charge in [-0.3, -0.25) is 0 Å². The lowest BCUT2D eigenvalue weighted by Crippen LogP contribution is -2.47. The van der Waals surface area contributed by atoms with E-state index in [0.717, 1.165) is 21.5 Å². The molecule has 0 aromatic heterocycles. The molecule has 1 aliphatic heterocycles. The van der Waals surface area contributed by atoms with Crippen LogP contribution in [0, 0.1) is 0 Å². The maximum Gasteiger partial charge on any atom is 0.169 e. The molecule has 4 nitrogen and oxygen atoms in total. The predicted molar refractivity (Wildman–Crippen MR) is 88.1 cm³/mol. The molecule has 0 saturated carbocycles. The van der Waals surface area contributed by atoms with Crippen molar-refractivity contribution in [2.75, 3.05) is 29.2 Å². The van der Waals surface area contributed by atoms with Crippen molar-refractivity contribution in [3.8, 4) is 0 Å². The van der Waals surface area contributed by atoms with Crippen LogP contribution in [-0.2, 0) is 9.84 Å². The van der Waals surface area contributed by atoms with Gasteiger partial charge in [0, 0.05) is 40.0 Å². The van der Waals surface area contributed by atoms with Crippen LogP contribution in [0.1, 0.15) is 18.6 Å². The number of hydrogen-bond donors (Lipinski definition) is 1. The Kier molecular flexibility index (Phi) is 5.05. The molecule has 0 bridgehead atoms. The Hall–Kier alpha value is -0.240. The second-order valence-electron chi connectivity index (χ2n) is 4.93. The van der Waals surface area contributed by atoms with E-state index in [2.05, 4.69) is 15.9 Å². The Labute approximate surface area is 132 Å². The molecule has 1 aromatic rings. The molecule has 1 aliphatic rings. The number of hydrogen-bond acceptors (Lipinski definition) is 5. The molecule has 1 aromatic carbocycles. The summed E-state index contributed by atoms with van der Waals surface area (Å²) in [5.74, 6) is 1.45. The Morgan fingerprint density at radius 2 is 2.20 bits per heavy atom. The molecular weight excluding hydrogens is 362 g/mol. The molecule has 2 atom stereocenters. The third-order valence-corrected chi connectivity index (χ3v) is 6.46. The van der Waals surface area contributed by atoms with Crippen molar-refractivity contribution in [3.63, 3.8) is 0 Å². The quantitative estimate of drug-likeness (QED) is 0.873. The second kappa shape index (κ2) is 6.25.